The van der Waals surface area contributed by atoms with E-state index in [0.29, 0.717) is 28.6 Å². The van der Waals surface area contributed by atoms with Crippen molar-refractivity contribution in [3.05, 3.63) is 63.9 Å². The standard InChI is InChI=1S/C18H13ClN8O/c1-2-12-14(10-3-5-11(19)6-4-10)16-23-22-15-13(27(16)25-12)7-8-26(17(15)28)18-20-9-21-24-18/h3-9H,2H2,1H3,(H,20,21,24). The maximum atomic E-state index is 12.9. The monoisotopic (exact) mass is 392 g/mol. The Bertz CT molecular complexity index is 1370. The lowest BCUT2D eigenvalue weighted by molar-refractivity contribution is 0.867. The van der Waals surface area contributed by atoms with Crippen LogP contribution in [0.2, 0.25) is 5.02 Å². The molecule has 4 aromatic heterocycles. The minimum atomic E-state index is -0.356. The number of hydrogen-bond donors (Lipinski definition) is 1. The molecule has 0 saturated carbocycles. The number of rotatable bonds is 3. The minimum absolute atomic E-state index is 0.194. The van der Waals surface area contributed by atoms with Crippen LogP contribution in [0.3, 0.4) is 0 Å². The lowest BCUT2D eigenvalue weighted by atomic mass is 10.0. The molecule has 0 fully saturated rings. The molecule has 0 saturated heterocycles. The molecule has 0 aliphatic carbocycles. The topological polar surface area (TPSA) is 107 Å². The van der Waals surface area contributed by atoms with E-state index >= 15 is 0 Å². The lowest BCUT2D eigenvalue weighted by Crippen LogP contribution is -2.21. The van der Waals surface area contributed by atoms with Crippen molar-refractivity contribution in [3.8, 4) is 17.1 Å². The van der Waals surface area contributed by atoms with Gasteiger partial charge in [-0.1, -0.05) is 30.7 Å². The summed E-state index contributed by atoms with van der Waals surface area (Å²) in [6, 6.07) is 9.26. The molecule has 10 heteroatoms. The third kappa shape index (κ3) is 2.40. The minimum Gasteiger partial charge on any atom is -0.266 e. The van der Waals surface area contributed by atoms with Crippen molar-refractivity contribution in [2.75, 3.05) is 0 Å². The number of benzene rings is 1. The van der Waals surface area contributed by atoms with Gasteiger partial charge in [0.2, 0.25) is 5.95 Å². The van der Waals surface area contributed by atoms with Crippen molar-refractivity contribution in [1.29, 1.82) is 0 Å². The van der Waals surface area contributed by atoms with Crippen LogP contribution in [0.25, 0.3) is 33.8 Å². The van der Waals surface area contributed by atoms with Gasteiger partial charge < -0.3 is 0 Å². The van der Waals surface area contributed by atoms with E-state index in [4.69, 9.17) is 11.6 Å². The summed E-state index contributed by atoms with van der Waals surface area (Å²) in [5, 5.41) is 20.3. The zero-order valence-electron chi connectivity index (χ0n) is 14.7. The van der Waals surface area contributed by atoms with E-state index in [-0.39, 0.29) is 11.1 Å². The molecular weight excluding hydrogens is 380 g/mol. The molecular formula is C18H13ClN8O. The molecule has 28 heavy (non-hydrogen) atoms. The molecule has 1 aromatic carbocycles. The highest BCUT2D eigenvalue weighted by Gasteiger charge is 2.19. The highest BCUT2D eigenvalue weighted by atomic mass is 35.5. The van der Waals surface area contributed by atoms with Gasteiger partial charge >= 0.3 is 0 Å². The van der Waals surface area contributed by atoms with Crippen LogP contribution in [0, 0.1) is 0 Å². The van der Waals surface area contributed by atoms with Gasteiger partial charge in [-0.3, -0.25) is 9.36 Å². The Kier molecular flexibility index (Phi) is 3.69. The van der Waals surface area contributed by atoms with E-state index in [1.807, 2.05) is 31.2 Å². The predicted molar refractivity (Wildman–Crippen MR) is 104 cm³/mol. The van der Waals surface area contributed by atoms with Gasteiger partial charge in [0.05, 0.1) is 11.3 Å². The molecule has 0 atom stereocenters. The summed E-state index contributed by atoms with van der Waals surface area (Å²) in [4.78, 5) is 16.9. The maximum Gasteiger partial charge on any atom is 0.287 e. The average molecular weight is 393 g/mol. The van der Waals surface area contributed by atoms with Gasteiger partial charge in [0, 0.05) is 11.2 Å². The number of halogens is 1. The van der Waals surface area contributed by atoms with Crippen LogP contribution in [-0.4, -0.2) is 39.6 Å². The number of nitrogens with one attached hydrogen (secondary N) is 1. The highest BCUT2D eigenvalue weighted by Crippen LogP contribution is 2.29. The quantitative estimate of drug-likeness (QED) is 0.505. The third-order valence-electron chi connectivity index (χ3n) is 4.55. The summed E-state index contributed by atoms with van der Waals surface area (Å²) in [5.41, 5.74) is 3.69. The molecule has 0 bridgehead atoms. The Balaban J connectivity index is 1.81. The number of pyridine rings is 1. The van der Waals surface area contributed by atoms with Crippen molar-refractivity contribution < 1.29 is 0 Å². The number of aromatic amines is 1. The number of aryl methyl sites for hydroxylation is 1. The number of fused-ring (bicyclic) bond motifs is 3. The smallest absolute Gasteiger partial charge is 0.266 e. The molecule has 9 nitrogen and oxygen atoms in total. The molecule has 0 aliphatic heterocycles. The van der Waals surface area contributed by atoms with Crippen LogP contribution in [0.1, 0.15) is 12.6 Å². The van der Waals surface area contributed by atoms with Crippen molar-refractivity contribution in [3.63, 3.8) is 0 Å². The summed E-state index contributed by atoms with van der Waals surface area (Å²) < 4.78 is 3.00. The van der Waals surface area contributed by atoms with Crippen LogP contribution >= 0.6 is 11.6 Å². The second kappa shape index (κ2) is 6.24. The molecule has 0 unspecified atom stereocenters. The van der Waals surface area contributed by atoms with Crippen LogP contribution in [0.15, 0.2) is 47.7 Å². The second-order valence-electron chi connectivity index (χ2n) is 6.15. The van der Waals surface area contributed by atoms with Crippen molar-refractivity contribution in [2.45, 2.75) is 13.3 Å². The largest absolute Gasteiger partial charge is 0.287 e. The molecule has 0 spiro atoms. The summed E-state index contributed by atoms with van der Waals surface area (Å²) in [6.45, 7) is 2.02. The van der Waals surface area contributed by atoms with E-state index in [9.17, 15) is 4.79 Å². The SMILES string of the molecule is CCc1nn2c(nnc3c(=O)n(-c4ncn[nH]4)ccc32)c1-c1ccc(Cl)cc1. The summed E-state index contributed by atoms with van der Waals surface area (Å²) in [6.07, 6.45) is 3.65. The first kappa shape index (κ1) is 16.6. The Labute approximate surface area is 162 Å². The number of nitrogens with zero attached hydrogens (tertiary/aromatic N) is 7. The molecule has 138 valence electrons. The maximum absolute atomic E-state index is 12.9. The second-order valence-corrected chi connectivity index (χ2v) is 6.59. The van der Waals surface area contributed by atoms with Gasteiger partial charge in [-0.05, 0) is 30.2 Å². The Morgan fingerprint density at radius 3 is 2.68 bits per heavy atom. The first-order valence-electron chi connectivity index (χ1n) is 8.58. The van der Waals surface area contributed by atoms with Gasteiger partial charge in [-0.15, -0.1) is 10.2 Å². The fourth-order valence-corrected chi connectivity index (χ4v) is 3.36. The highest BCUT2D eigenvalue weighted by molar-refractivity contribution is 6.30. The van der Waals surface area contributed by atoms with Crippen molar-refractivity contribution >= 4 is 28.3 Å². The molecule has 0 radical (unpaired) electrons. The van der Waals surface area contributed by atoms with Crippen molar-refractivity contribution in [1.82, 2.24) is 39.6 Å². The summed E-state index contributed by atoms with van der Waals surface area (Å²) >= 11 is 6.02. The van der Waals surface area contributed by atoms with Gasteiger partial charge in [0.25, 0.3) is 5.56 Å². The van der Waals surface area contributed by atoms with E-state index in [1.54, 1.807) is 16.8 Å². The van der Waals surface area contributed by atoms with Crippen LogP contribution in [0.5, 0.6) is 0 Å². The van der Waals surface area contributed by atoms with Crippen LogP contribution < -0.4 is 5.56 Å². The van der Waals surface area contributed by atoms with E-state index in [1.165, 1.54) is 10.9 Å². The van der Waals surface area contributed by atoms with Crippen LogP contribution in [-0.2, 0) is 6.42 Å². The fourth-order valence-electron chi connectivity index (χ4n) is 3.23. The molecule has 5 aromatic rings. The fraction of sp³-hybridized carbons (Fsp3) is 0.111. The Morgan fingerprint density at radius 2 is 1.96 bits per heavy atom. The van der Waals surface area contributed by atoms with E-state index in [2.05, 4.69) is 30.5 Å². The van der Waals surface area contributed by atoms with E-state index < -0.39 is 0 Å². The zero-order chi connectivity index (χ0) is 19.3. The molecule has 4 heterocycles. The van der Waals surface area contributed by atoms with Crippen molar-refractivity contribution in [2.24, 2.45) is 0 Å². The lowest BCUT2D eigenvalue weighted by Gasteiger charge is -2.04. The van der Waals surface area contributed by atoms with Gasteiger partial charge in [0.1, 0.15) is 11.8 Å². The van der Waals surface area contributed by atoms with Gasteiger partial charge in [-0.2, -0.15) is 15.2 Å². The zero-order valence-corrected chi connectivity index (χ0v) is 15.4. The third-order valence-corrected chi connectivity index (χ3v) is 4.80. The average Bonchev–Trinajstić information content (AvgIpc) is 3.36. The summed E-state index contributed by atoms with van der Waals surface area (Å²) in [5.74, 6) is 0.311. The number of H-pyrrole nitrogens is 1. The van der Waals surface area contributed by atoms with E-state index in [0.717, 1.165) is 16.8 Å². The molecule has 0 amide bonds. The molecule has 1 N–H and O–H groups in total. The Hall–Kier alpha value is -3.59. The first-order valence-corrected chi connectivity index (χ1v) is 8.96. The Morgan fingerprint density at radius 1 is 1.14 bits per heavy atom. The molecule has 0 aliphatic rings. The summed E-state index contributed by atoms with van der Waals surface area (Å²) in [7, 11) is 0. The van der Waals surface area contributed by atoms with Gasteiger partial charge in [0.15, 0.2) is 11.2 Å². The normalized spacial score (nSPS) is 11.5. The number of aromatic nitrogens is 8. The predicted octanol–water partition coefficient (Wildman–Crippen LogP) is 2.43. The first-order chi connectivity index (χ1) is 13.7. The number of hydrogen-bond acceptors (Lipinski definition) is 6. The van der Waals surface area contributed by atoms with Crippen LogP contribution in [0.4, 0.5) is 0 Å². The van der Waals surface area contributed by atoms with Gasteiger partial charge in [-0.25, -0.2) is 9.61 Å². The molecule has 5 rings (SSSR count).